The van der Waals surface area contributed by atoms with E-state index in [1.54, 1.807) is 6.07 Å². The van der Waals surface area contributed by atoms with Gasteiger partial charge in [-0.05, 0) is 12.1 Å². The summed E-state index contributed by atoms with van der Waals surface area (Å²) in [6.45, 7) is -0.126. The predicted octanol–water partition coefficient (Wildman–Crippen LogP) is 0.945. The third-order valence-electron chi connectivity index (χ3n) is 1.87. The molecule has 2 rings (SSSR count). The number of fused-ring (bicyclic) bond motifs is 1. The Hall–Kier alpha value is -1.27. The molecule has 1 aliphatic heterocycles. The van der Waals surface area contributed by atoms with Gasteiger partial charge in [0.2, 0.25) is 0 Å². The van der Waals surface area contributed by atoms with Gasteiger partial charge in [0.15, 0.2) is 6.61 Å². The van der Waals surface area contributed by atoms with Crippen LogP contribution in [-0.4, -0.2) is 20.9 Å². The maximum absolute atomic E-state index is 11.2. The minimum Gasteiger partial charge on any atom is -0.482 e. The molecule has 1 amide bonds. The highest BCUT2D eigenvalue weighted by molar-refractivity contribution is 8.13. The van der Waals surface area contributed by atoms with Gasteiger partial charge in [0.25, 0.3) is 15.0 Å². The Morgan fingerprint density at radius 1 is 1.40 bits per heavy atom. The lowest BCUT2D eigenvalue weighted by Gasteiger charge is -2.19. The van der Waals surface area contributed by atoms with Crippen molar-refractivity contribution in [1.82, 2.24) is 0 Å². The van der Waals surface area contributed by atoms with Gasteiger partial charge in [0.1, 0.15) is 16.3 Å². The molecule has 1 heterocycles. The topological polar surface area (TPSA) is 72.5 Å². The molecular formula is C8H6ClNO4S. The van der Waals surface area contributed by atoms with Gasteiger partial charge in [0.05, 0.1) is 0 Å². The number of carbonyl (C=O) groups is 1. The number of halogens is 1. The molecule has 0 radical (unpaired) electrons. The number of hydrogen-bond acceptors (Lipinski definition) is 4. The summed E-state index contributed by atoms with van der Waals surface area (Å²) in [5, 5.41) is 2.41. The van der Waals surface area contributed by atoms with Gasteiger partial charge >= 0.3 is 0 Å². The Morgan fingerprint density at radius 2 is 2.13 bits per heavy atom. The first-order valence-corrected chi connectivity index (χ1v) is 6.30. The van der Waals surface area contributed by atoms with Crippen LogP contribution < -0.4 is 10.1 Å². The van der Waals surface area contributed by atoms with Crippen LogP contribution >= 0.6 is 10.7 Å². The van der Waals surface area contributed by atoms with Crippen LogP contribution in [0, 0.1) is 0 Å². The van der Waals surface area contributed by atoms with Crippen LogP contribution in [-0.2, 0) is 13.8 Å². The molecule has 0 atom stereocenters. The van der Waals surface area contributed by atoms with E-state index in [1.165, 1.54) is 12.1 Å². The molecule has 0 saturated carbocycles. The van der Waals surface area contributed by atoms with Gasteiger partial charge < -0.3 is 10.1 Å². The fourth-order valence-corrected chi connectivity index (χ4v) is 2.30. The number of carbonyl (C=O) groups excluding carboxylic acids is 1. The third kappa shape index (κ3) is 1.91. The van der Waals surface area contributed by atoms with Crippen LogP contribution in [0.5, 0.6) is 5.75 Å². The predicted molar refractivity (Wildman–Crippen MR) is 53.6 cm³/mol. The number of ether oxygens (including phenoxy) is 1. The molecule has 0 fully saturated rings. The van der Waals surface area contributed by atoms with E-state index in [2.05, 4.69) is 5.32 Å². The van der Waals surface area contributed by atoms with E-state index in [0.717, 1.165) is 0 Å². The SMILES string of the molecule is O=C1COc2cccc(S(=O)(=O)Cl)c2N1. The van der Waals surface area contributed by atoms with Crippen LogP contribution in [0.15, 0.2) is 23.1 Å². The number of rotatable bonds is 1. The van der Waals surface area contributed by atoms with Crippen LogP contribution in [0.1, 0.15) is 0 Å². The summed E-state index contributed by atoms with van der Waals surface area (Å²) in [7, 11) is 1.32. The third-order valence-corrected chi connectivity index (χ3v) is 3.24. The van der Waals surface area contributed by atoms with E-state index in [0.29, 0.717) is 5.75 Å². The number of nitrogens with one attached hydrogen (secondary N) is 1. The Labute approximate surface area is 90.4 Å². The van der Waals surface area contributed by atoms with Crippen molar-refractivity contribution in [2.45, 2.75) is 4.90 Å². The zero-order valence-corrected chi connectivity index (χ0v) is 8.93. The van der Waals surface area contributed by atoms with Crippen molar-refractivity contribution in [3.63, 3.8) is 0 Å². The van der Waals surface area contributed by atoms with E-state index in [4.69, 9.17) is 15.4 Å². The van der Waals surface area contributed by atoms with Crippen LogP contribution in [0.3, 0.4) is 0 Å². The second-order valence-electron chi connectivity index (χ2n) is 2.90. The van der Waals surface area contributed by atoms with Gasteiger partial charge in [0, 0.05) is 10.7 Å². The number of para-hydroxylation sites is 1. The number of anilines is 1. The zero-order chi connectivity index (χ0) is 11.1. The summed E-state index contributed by atoms with van der Waals surface area (Å²) in [4.78, 5) is 10.9. The Morgan fingerprint density at radius 3 is 2.80 bits per heavy atom. The van der Waals surface area contributed by atoms with E-state index >= 15 is 0 Å². The number of amides is 1. The summed E-state index contributed by atoms with van der Waals surface area (Å²) in [6.07, 6.45) is 0. The van der Waals surface area contributed by atoms with Gasteiger partial charge in [-0.2, -0.15) is 0 Å². The molecule has 1 aromatic carbocycles. The standard InChI is InChI=1S/C8H6ClNO4S/c9-15(12,13)6-3-1-2-5-8(6)10-7(11)4-14-5/h1-3H,4H2,(H,10,11). The van der Waals surface area contributed by atoms with Crippen LogP contribution in [0.25, 0.3) is 0 Å². The molecule has 1 aromatic rings. The fraction of sp³-hybridized carbons (Fsp3) is 0.125. The van der Waals surface area contributed by atoms with Crippen molar-refractivity contribution in [3.8, 4) is 5.75 Å². The summed E-state index contributed by atoms with van der Waals surface area (Å²) in [5.74, 6) is -0.105. The molecule has 0 unspecified atom stereocenters. The van der Waals surface area contributed by atoms with Crippen LogP contribution in [0.2, 0.25) is 0 Å². The molecule has 15 heavy (non-hydrogen) atoms. The van der Waals surface area contributed by atoms with E-state index in [9.17, 15) is 13.2 Å². The molecule has 0 aromatic heterocycles. The zero-order valence-electron chi connectivity index (χ0n) is 7.36. The number of hydrogen-bond donors (Lipinski definition) is 1. The van der Waals surface area contributed by atoms with Gasteiger partial charge in [-0.25, -0.2) is 8.42 Å². The van der Waals surface area contributed by atoms with Crippen molar-refractivity contribution in [1.29, 1.82) is 0 Å². The highest BCUT2D eigenvalue weighted by Crippen LogP contribution is 2.35. The van der Waals surface area contributed by atoms with Crippen LogP contribution in [0.4, 0.5) is 5.69 Å². The maximum Gasteiger partial charge on any atom is 0.263 e. The lowest BCUT2D eigenvalue weighted by molar-refractivity contribution is -0.118. The lowest BCUT2D eigenvalue weighted by atomic mass is 10.2. The molecule has 0 aliphatic carbocycles. The van der Waals surface area contributed by atoms with E-state index < -0.39 is 15.0 Å². The van der Waals surface area contributed by atoms with E-state index in [1.807, 2.05) is 0 Å². The summed E-state index contributed by atoms with van der Waals surface area (Å²) >= 11 is 0. The summed E-state index contributed by atoms with van der Waals surface area (Å²) < 4.78 is 27.4. The summed E-state index contributed by atoms with van der Waals surface area (Å²) in [6, 6.07) is 4.35. The van der Waals surface area contributed by atoms with Crippen molar-refractivity contribution in [2.24, 2.45) is 0 Å². The first-order valence-electron chi connectivity index (χ1n) is 3.99. The molecule has 0 bridgehead atoms. The largest absolute Gasteiger partial charge is 0.482 e. The maximum atomic E-state index is 11.2. The van der Waals surface area contributed by atoms with E-state index in [-0.39, 0.29) is 17.2 Å². The number of benzene rings is 1. The molecule has 80 valence electrons. The Kier molecular flexibility index (Phi) is 2.32. The average molecular weight is 248 g/mol. The average Bonchev–Trinajstić information content (AvgIpc) is 2.15. The lowest BCUT2D eigenvalue weighted by Crippen LogP contribution is -2.26. The van der Waals surface area contributed by atoms with Gasteiger partial charge in [-0.15, -0.1) is 0 Å². The van der Waals surface area contributed by atoms with Gasteiger partial charge in [-0.1, -0.05) is 6.07 Å². The molecular weight excluding hydrogens is 242 g/mol. The molecule has 0 saturated heterocycles. The minimum absolute atomic E-state index is 0.101. The van der Waals surface area contributed by atoms with Crippen molar-refractivity contribution < 1.29 is 17.9 Å². The minimum atomic E-state index is -3.89. The van der Waals surface area contributed by atoms with Crippen molar-refractivity contribution >= 4 is 31.3 Å². The first-order chi connectivity index (χ1) is 6.98. The fourth-order valence-electron chi connectivity index (χ4n) is 1.28. The highest BCUT2D eigenvalue weighted by Gasteiger charge is 2.24. The smallest absolute Gasteiger partial charge is 0.263 e. The first kappa shape index (κ1) is 10.3. The quantitative estimate of drug-likeness (QED) is 0.750. The molecule has 1 aliphatic rings. The molecule has 1 N–H and O–H groups in total. The molecule has 0 spiro atoms. The van der Waals surface area contributed by atoms with Crippen molar-refractivity contribution in [2.75, 3.05) is 11.9 Å². The summed E-state index contributed by atoms with van der Waals surface area (Å²) in [5.41, 5.74) is 0.101. The second-order valence-corrected chi connectivity index (χ2v) is 5.44. The normalized spacial score (nSPS) is 15.1. The highest BCUT2D eigenvalue weighted by atomic mass is 35.7. The molecule has 7 heteroatoms. The second kappa shape index (κ2) is 3.39. The Bertz CT molecular complexity index is 525. The monoisotopic (exact) mass is 247 g/mol. The Balaban J connectivity index is 2.64. The van der Waals surface area contributed by atoms with Crippen molar-refractivity contribution in [3.05, 3.63) is 18.2 Å². The molecule has 5 nitrogen and oxygen atoms in total. The van der Waals surface area contributed by atoms with Gasteiger partial charge in [-0.3, -0.25) is 4.79 Å².